The first-order valence-electron chi connectivity index (χ1n) is 14.7. The van der Waals surface area contributed by atoms with Crippen molar-refractivity contribution in [1.82, 2.24) is 24.8 Å². The van der Waals surface area contributed by atoms with Gasteiger partial charge in [0.05, 0.1) is 11.4 Å². The number of halogens is 2. The Morgan fingerprint density at radius 2 is 1.63 bits per heavy atom. The summed E-state index contributed by atoms with van der Waals surface area (Å²) in [6, 6.07) is 22.2. The van der Waals surface area contributed by atoms with E-state index in [0.717, 1.165) is 17.7 Å². The molecule has 6 rings (SSSR count). The zero-order chi connectivity index (χ0) is 32.2. The van der Waals surface area contributed by atoms with Gasteiger partial charge < -0.3 is 19.9 Å². The first-order valence-corrected chi connectivity index (χ1v) is 14.7. The van der Waals surface area contributed by atoms with Gasteiger partial charge in [-0.15, -0.1) is 0 Å². The number of benzene rings is 3. The van der Waals surface area contributed by atoms with E-state index in [1.807, 2.05) is 42.2 Å². The Kier molecular flexibility index (Phi) is 8.68. The second-order valence-electron chi connectivity index (χ2n) is 10.8. The average molecular weight is 625 g/mol. The van der Waals surface area contributed by atoms with Crippen molar-refractivity contribution < 1.29 is 23.1 Å². The average Bonchev–Trinajstić information content (AvgIpc) is 3.07. The topological polar surface area (TPSA) is 110 Å². The molecule has 12 heteroatoms. The van der Waals surface area contributed by atoms with Crippen molar-refractivity contribution in [2.75, 3.05) is 31.1 Å². The number of pyridine rings is 1. The standard InChI is InChI=1S/C34H30F2N6O4/c1-22-28-13-14-30(43)42(27-11-8-24(9-12-27)32(44)37-20-25-7-10-26(35)19-29(25)36)31(28)39-33(38-22)40-15-17-41(18-16-40)34(45)46-21-23-5-3-2-4-6-23/h2-14,19H,15-18,20-21H2,1H3,(H,37,44). The fourth-order valence-corrected chi connectivity index (χ4v) is 5.25. The molecule has 0 bridgehead atoms. The summed E-state index contributed by atoms with van der Waals surface area (Å²) >= 11 is 0. The third kappa shape index (κ3) is 6.55. The van der Waals surface area contributed by atoms with E-state index in [1.165, 1.54) is 16.7 Å². The molecule has 0 spiro atoms. The van der Waals surface area contributed by atoms with Gasteiger partial charge in [0.25, 0.3) is 11.5 Å². The minimum absolute atomic E-state index is 0.114. The third-order valence-corrected chi connectivity index (χ3v) is 7.80. The monoisotopic (exact) mass is 624 g/mol. The largest absolute Gasteiger partial charge is 0.445 e. The first-order chi connectivity index (χ1) is 22.3. The van der Waals surface area contributed by atoms with E-state index in [0.29, 0.717) is 60.1 Å². The molecule has 5 aromatic rings. The summed E-state index contributed by atoms with van der Waals surface area (Å²) in [6.07, 6.45) is -0.382. The summed E-state index contributed by atoms with van der Waals surface area (Å²) in [5.41, 5.74) is 2.64. The van der Waals surface area contributed by atoms with Crippen molar-refractivity contribution in [3.63, 3.8) is 0 Å². The van der Waals surface area contributed by atoms with Gasteiger partial charge in [-0.25, -0.2) is 18.6 Å². The molecule has 2 aromatic heterocycles. The van der Waals surface area contributed by atoms with Crippen LogP contribution in [0.15, 0.2) is 89.7 Å². The quantitative estimate of drug-likeness (QED) is 0.278. The van der Waals surface area contributed by atoms with E-state index in [-0.39, 0.29) is 30.4 Å². The first kappa shape index (κ1) is 30.4. The number of aryl methyl sites for hydroxylation is 1. The second-order valence-corrected chi connectivity index (χ2v) is 10.8. The molecule has 0 radical (unpaired) electrons. The molecular weight excluding hydrogens is 594 g/mol. The van der Waals surface area contributed by atoms with E-state index in [9.17, 15) is 23.2 Å². The van der Waals surface area contributed by atoms with Crippen LogP contribution in [0, 0.1) is 18.6 Å². The molecule has 0 atom stereocenters. The maximum absolute atomic E-state index is 14.0. The second kappa shape index (κ2) is 13.1. The summed E-state index contributed by atoms with van der Waals surface area (Å²) in [6.45, 7) is 3.74. The number of nitrogens with one attached hydrogen (secondary N) is 1. The fourth-order valence-electron chi connectivity index (χ4n) is 5.25. The lowest BCUT2D eigenvalue weighted by Crippen LogP contribution is -2.49. The van der Waals surface area contributed by atoms with E-state index >= 15 is 0 Å². The van der Waals surface area contributed by atoms with Crippen molar-refractivity contribution >= 4 is 29.0 Å². The van der Waals surface area contributed by atoms with E-state index in [1.54, 1.807) is 35.2 Å². The molecule has 0 aliphatic carbocycles. The Morgan fingerprint density at radius 3 is 2.35 bits per heavy atom. The van der Waals surface area contributed by atoms with Crippen molar-refractivity contribution in [1.29, 1.82) is 0 Å². The molecule has 46 heavy (non-hydrogen) atoms. The maximum Gasteiger partial charge on any atom is 0.410 e. The van der Waals surface area contributed by atoms with Gasteiger partial charge in [-0.3, -0.25) is 14.2 Å². The van der Waals surface area contributed by atoms with Crippen molar-refractivity contribution in [3.05, 3.63) is 129 Å². The molecule has 3 heterocycles. The van der Waals surface area contributed by atoms with E-state index in [4.69, 9.17) is 14.7 Å². The molecule has 234 valence electrons. The lowest BCUT2D eigenvalue weighted by atomic mass is 10.1. The maximum atomic E-state index is 14.0. The Hall–Kier alpha value is -5.65. The summed E-state index contributed by atoms with van der Waals surface area (Å²) < 4.78 is 34.1. The SMILES string of the molecule is Cc1nc(N2CCN(C(=O)OCc3ccccc3)CC2)nc2c1ccc(=O)n2-c1ccc(C(=O)NCc2ccc(F)cc2F)cc1. The van der Waals surface area contributed by atoms with Crippen LogP contribution < -0.4 is 15.8 Å². The Labute approximate surface area is 262 Å². The number of aromatic nitrogens is 3. The fraction of sp³-hybridized carbons (Fsp3) is 0.206. The van der Waals surface area contributed by atoms with Gasteiger partial charge >= 0.3 is 6.09 Å². The minimum Gasteiger partial charge on any atom is -0.445 e. The molecule has 1 aliphatic rings. The normalized spacial score (nSPS) is 13.1. The molecule has 1 saturated heterocycles. The summed E-state index contributed by atoms with van der Waals surface area (Å²) in [5, 5.41) is 3.31. The highest BCUT2D eigenvalue weighted by Crippen LogP contribution is 2.22. The van der Waals surface area contributed by atoms with Crippen LogP contribution in [0.5, 0.6) is 0 Å². The van der Waals surface area contributed by atoms with Crippen LogP contribution in [0.2, 0.25) is 0 Å². The lowest BCUT2D eigenvalue weighted by Gasteiger charge is -2.34. The molecule has 1 fully saturated rings. The number of ether oxygens (including phenoxy) is 1. The zero-order valence-corrected chi connectivity index (χ0v) is 25.0. The van der Waals surface area contributed by atoms with Crippen molar-refractivity contribution in [2.45, 2.75) is 20.1 Å². The van der Waals surface area contributed by atoms with Crippen LogP contribution in [0.25, 0.3) is 16.7 Å². The molecule has 2 amide bonds. The van der Waals surface area contributed by atoms with Gasteiger partial charge in [-0.05, 0) is 48.9 Å². The van der Waals surface area contributed by atoms with Crippen LogP contribution in [-0.2, 0) is 17.9 Å². The Bertz CT molecular complexity index is 1960. The summed E-state index contributed by atoms with van der Waals surface area (Å²) in [5.74, 6) is -1.46. The molecule has 10 nitrogen and oxygen atoms in total. The highest BCUT2D eigenvalue weighted by molar-refractivity contribution is 5.94. The van der Waals surface area contributed by atoms with Gasteiger partial charge in [-0.2, -0.15) is 4.98 Å². The van der Waals surface area contributed by atoms with Crippen molar-refractivity contribution in [3.8, 4) is 5.69 Å². The van der Waals surface area contributed by atoms with Gasteiger partial charge in [-0.1, -0.05) is 36.4 Å². The van der Waals surface area contributed by atoms with Crippen LogP contribution in [0.3, 0.4) is 0 Å². The van der Waals surface area contributed by atoms with Crippen LogP contribution in [0.1, 0.15) is 27.2 Å². The number of hydrogen-bond acceptors (Lipinski definition) is 7. The number of piperazine rings is 1. The molecular formula is C34H30F2N6O4. The Balaban J connectivity index is 1.17. The molecule has 0 unspecified atom stereocenters. The number of anilines is 1. The van der Waals surface area contributed by atoms with Crippen LogP contribution in [0.4, 0.5) is 19.5 Å². The van der Waals surface area contributed by atoms with Crippen molar-refractivity contribution in [2.24, 2.45) is 0 Å². The zero-order valence-electron chi connectivity index (χ0n) is 25.0. The van der Waals surface area contributed by atoms with Gasteiger partial charge in [0.1, 0.15) is 18.2 Å². The van der Waals surface area contributed by atoms with Crippen LogP contribution in [-0.4, -0.2) is 57.6 Å². The summed E-state index contributed by atoms with van der Waals surface area (Å²) in [4.78, 5) is 51.6. The molecule has 1 N–H and O–H groups in total. The van der Waals surface area contributed by atoms with Gasteiger partial charge in [0, 0.05) is 61.4 Å². The number of rotatable bonds is 7. The highest BCUT2D eigenvalue weighted by Gasteiger charge is 2.25. The summed E-state index contributed by atoms with van der Waals surface area (Å²) in [7, 11) is 0. The highest BCUT2D eigenvalue weighted by atomic mass is 19.1. The molecule has 0 saturated carbocycles. The number of carbonyl (C=O) groups excluding carboxylic acids is 2. The minimum atomic E-state index is -0.745. The van der Waals surface area contributed by atoms with E-state index in [2.05, 4.69) is 5.32 Å². The molecule has 3 aromatic carbocycles. The lowest BCUT2D eigenvalue weighted by molar-refractivity contribution is 0.0937. The van der Waals surface area contributed by atoms with E-state index < -0.39 is 17.5 Å². The third-order valence-electron chi connectivity index (χ3n) is 7.80. The number of hydrogen-bond donors (Lipinski definition) is 1. The molecule has 1 aliphatic heterocycles. The predicted octanol–water partition coefficient (Wildman–Crippen LogP) is 4.76. The number of nitrogens with zero attached hydrogens (tertiary/aromatic N) is 5. The number of amides is 2. The smallest absolute Gasteiger partial charge is 0.410 e. The van der Waals surface area contributed by atoms with Gasteiger partial charge in [0.2, 0.25) is 5.95 Å². The van der Waals surface area contributed by atoms with Gasteiger partial charge in [0.15, 0.2) is 5.65 Å². The Morgan fingerprint density at radius 1 is 0.891 bits per heavy atom. The predicted molar refractivity (Wildman–Crippen MR) is 168 cm³/mol. The number of fused-ring (bicyclic) bond motifs is 1. The number of carbonyl (C=O) groups is 2. The van der Waals surface area contributed by atoms with Crippen LogP contribution >= 0.6 is 0 Å².